The molecular weight excluding hydrogens is 909 g/mol. The maximum absolute atomic E-state index is 5.41. The zero-order chi connectivity index (χ0) is 49.8. The smallest absolute Gasteiger partial charge is 0.164 e. The van der Waals surface area contributed by atoms with Gasteiger partial charge in [-0.15, -0.1) is 0 Å². The molecule has 0 saturated heterocycles. The highest BCUT2D eigenvalue weighted by Crippen LogP contribution is 2.57. The molecule has 14 rings (SSSR count). The van der Waals surface area contributed by atoms with Crippen LogP contribution in [0, 0.1) is 0 Å². The largest absolute Gasteiger partial charge is 0.309 e. The van der Waals surface area contributed by atoms with Crippen LogP contribution in [0.25, 0.3) is 72.8 Å². The van der Waals surface area contributed by atoms with Gasteiger partial charge in [0.2, 0.25) is 0 Å². The summed E-state index contributed by atoms with van der Waals surface area (Å²) < 4.78 is 2.43. The van der Waals surface area contributed by atoms with Crippen LogP contribution < -0.4 is 0 Å². The lowest BCUT2D eigenvalue weighted by Gasteiger charge is -2.37. The van der Waals surface area contributed by atoms with Crippen molar-refractivity contribution >= 4 is 21.8 Å². The van der Waals surface area contributed by atoms with Crippen molar-refractivity contribution in [3.8, 4) is 51.0 Å². The van der Waals surface area contributed by atoms with Crippen molar-refractivity contribution in [1.82, 2.24) is 19.5 Å². The first-order valence-corrected chi connectivity index (χ1v) is 25.7. The lowest BCUT2D eigenvalue weighted by Crippen LogP contribution is -2.31. The molecule has 0 amide bonds. The van der Waals surface area contributed by atoms with Crippen LogP contribution >= 0.6 is 0 Å². The summed E-state index contributed by atoms with van der Waals surface area (Å²) in [6.45, 7) is 0. The van der Waals surface area contributed by atoms with E-state index in [1.807, 2.05) is 18.2 Å². The highest BCUT2D eigenvalue weighted by atomic mass is 15.0. The summed E-state index contributed by atoms with van der Waals surface area (Å²) in [6, 6.07) is 105. The minimum atomic E-state index is -0.640. The van der Waals surface area contributed by atoms with Crippen LogP contribution in [0.1, 0.15) is 44.5 Å². The van der Waals surface area contributed by atoms with Crippen molar-refractivity contribution < 1.29 is 0 Å². The lowest BCUT2D eigenvalue weighted by atomic mass is 9.65. The predicted molar refractivity (Wildman–Crippen MR) is 306 cm³/mol. The van der Waals surface area contributed by atoms with E-state index in [4.69, 9.17) is 15.0 Å². The second-order valence-corrected chi connectivity index (χ2v) is 19.4. The Bertz CT molecular complexity index is 4070. The summed E-state index contributed by atoms with van der Waals surface area (Å²) >= 11 is 0. The first-order valence-electron chi connectivity index (χ1n) is 25.7. The van der Waals surface area contributed by atoms with Gasteiger partial charge in [0, 0.05) is 33.2 Å². The molecule has 2 heterocycles. The number of hydrogen-bond acceptors (Lipinski definition) is 3. The first-order chi connectivity index (χ1) is 37.2. The van der Waals surface area contributed by atoms with Crippen LogP contribution in [0.15, 0.2) is 291 Å². The van der Waals surface area contributed by atoms with Crippen molar-refractivity contribution in [1.29, 1.82) is 0 Å². The van der Waals surface area contributed by atoms with E-state index in [1.165, 1.54) is 60.8 Å². The van der Waals surface area contributed by atoms with Crippen molar-refractivity contribution in [3.63, 3.8) is 0 Å². The van der Waals surface area contributed by atoms with Gasteiger partial charge in [-0.3, -0.25) is 0 Å². The maximum Gasteiger partial charge on any atom is 0.164 e. The molecule has 0 fully saturated rings. The van der Waals surface area contributed by atoms with Gasteiger partial charge < -0.3 is 4.57 Å². The molecule has 2 aromatic heterocycles. The molecule has 0 unspecified atom stereocenters. The summed E-state index contributed by atoms with van der Waals surface area (Å²) in [6.07, 6.45) is 0. The van der Waals surface area contributed by atoms with E-state index >= 15 is 0 Å². The third-order valence-corrected chi connectivity index (χ3v) is 15.5. The minimum Gasteiger partial charge on any atom is -0.309 e. The Balaban J connectivity index is 0.969. The summed E-state index contributed by atoms with van der Waals surface area (Å²) in [5, 5.41) is 2.40. The van der Waals surface area contributed by atoms with E-state index < -0.39 is 10.8 Å². The average molecular weight is 957 g/mol. The van der Waals surface area contributed by atoms with Gasteiger partial charge in [0.05, 0.1) is 21.9 Å². The van der Waals surface area contributed by atoms with Crippen LogP contribution in [0.2, 0.25) is 0 Å². The number of fused-ring (bicyclic) bond motifs is 6. The SMILES string of the molecule is c1ccc(-c2nc(-c3cccc(-n4c5ccccc5c5cc6c(cc54)C(c4ccccc4)(c4ccccc4)c4ccccc4-6)c3)nc(-c3cccc(C(c4ccccc4)(c4ccccc4)c4ccccc4)c3)n2)cc1. The molecule has 0 atom stereocenters. The molecule has 1 aliphatic rings. The number of para-hydroxylation sites is 1. The Morgan fingerprint density at radius 2 is 0.747 bits per heavy atom. The fourth-order valence-electron chi connectivity index (χ4n) is 12.3. The summed E-state index contributed by atoms with van der Waals surface area (Å²) in [5.74, 6) is 1.80. The molecule has 4 heteroatoms. The van der Waals surface area contributed by atoms with E-state index in [1.54, 1.807) is 0 Å². The molecule has 0 aliphatic heterocycles. The molecule has 0 spiro atoms. The average Bonchev–Trinajstić information content (AvgIpc) is 4.01. The summed E-state index contributed by atoms with van der Waals surface area (Å²) in [4.78, 5) is 16.0. The normalized spacial score (nSPS) is 12.6. The number of nitrogens with zero attached hydrogens (tertiary/aromatic N) is 4. The molecule has 1 aliphatic carbocycles. The van der Waals surface area contributed by atoms with Crippen molar-refractivity contribution in [2.75, 3.05) is 0 Å². The minimum absolute atomic E-state index is 0.541. The Morgan fingerprint density at radius 1 is 0.293 bits per heavy atom. The highest BCUT2D eigenvalue weighted by molar-refractivity contribution is 6.12. The van der Waals surface area contributed by atoms with E-state index in [9.17, 15) is 0 Å². The fraction of sp³-hybridized carbons (Fsp3) is 0.0282. The first kappa shape index (κ1) is 44.0. The summed E-state index contributed by atoms with van der Waals surface area (Å²) in [7, 11) is 0. The predicted octanol–water partition coefficient (Wildman–Crippen LogP) is 16.7. The zero-order valence-electron chi connectivity index (χ0n) is 41.0. The molecule has 75 heavy (non-hydrogen) atoms. The number of aromatic nitrogens is 4. The number of hydrogen-bond donors (Lipinski definition) is 0. The molecule has 0 radical (unpaired) electrons. The van der Waals surface area contributed by atoms with Gasteiger partial charge in [0.15, 0.2) is 17.5 Å². The molecule has 0 saturated carbocycles. The number of benzene rings is 11. The maximum atomic E-state index is 5.41. The molecular formula is C71H48N4. The van der Waals surface area contributed by atoms with Crippen molar-refractivity contribution in [2.24, 2.45) is 0 Å². The second kappa shape index (κ2) is 18.1. The van der Waals surface area contributed by atoms with Gasteiger partial charge in [0.1, 0.15) is 0 Å². The topological polar surface area (TPSA) is 43.6 Å². The Hall–Kier alpha value is -9.77. The monoisotopic (exact) mass is 956 g/mol. The second-order valence-electron chi connectivity index (χ2n) is 19.4. The van der Waals surface area contributed by atoms with E-state index in [0.29, 0.717) is 17.5 Å². The molecule has 11 aromatic carbocycles. The standard InChI is InChI=1S/C71H48N4/c1-7-25-49(26-8-1)67-72-68(50-27-23-39-57(45-50)70(52-29-9-2-10-30-52,53-31-11-3-12-32-53)54-33-13-4-14-34-54)74-69(73-67)51-28-24-40-58(46-51)75-65-44-22-20-42-60(65)62-47-61-59-41-19-21-43-63(59)71(64(61)48-66(62)75,55-35-15-5-16-36-55)56-37-17-6-18-38-56/h1-48H. The van der Waals surface area contributed by atoms with Crippen molar-refractivity contribution in [3.05, 3.63) is 336 Å². The third-order valence-electron chi connectivity index (χ3n) is 15.5. The summed E-state index contributed by atoms with van der Waals surface area (Å²) in [5.41, 5.74) is 17.0. The van der Waals surface area contributed by atoms with Crippen LogP contribution in [0.4, 0.5) is 0 Å². The zero-order valence-corrected chi connectivity index (χ0v) is 41.0. The Morgan fingerprint density at radius 3 is 1.35 bits per heavy atom. The van der Waals surface area contributed by atoms with E-state index in [2.05, 4.69) is 278 Å². The Labute approximate surface area is 436 Å². The van der Waals surface area contributed by atoms with Crippen LogP contribution in [-0.2, 0) is 10.8 Å². The van der Waals surface area contributed by atoms with Crippen LogP contribution in [-0.4, -0.2) is 19.5 Å². The van der Waals surface area contributed by atoms with E-state index in [-0.39, 0.29) is 0 Å². The molecule has 352 valence electrons. The molecule has 0 bridgehead atoms. The molecule has 13 aromatic rings. The Kier molecular flexibility index (Phi) is 10.6. The molecule has 4 nitrogen and oxygen atoms in total. The molecule has 0 N–H and O–H groups in total. The van der Waals surface area contributed by atoms with Gasteiger partial charge in [-0.2, -0.15) is 0 Å². The van der Waals surface area contributed by atoms with Gasteiger partial charge >= 0.3 is 0 Å². The quantitative estimate of drug-likeness (QED) is 0.128. The van der Waals surface area contributed by atoms with Crippen LogP contribution in [0.5, 0.6) is 0 Å². The van der Waals surface area contributed by atoms with Gasteiger partial charge in [-0.05, 0) is 92.0 Å². The number of rotatable bonds is 10. The van der Waals surface area contributed by atoms with Gasteiger partial charge in [-0.1, -0.05) is 255 Å². The van der Waals surface area contributed by atoms with Gasteiger partial charge in [-0.25, -0.2) is 15.0 Å². The van der Waals surface area contributed by atoms with E-state index in [0.717, 1.165) is 39.0 Å². The van der Waals surface area contributed by atoms with Crippen LogP contribution in [0.3, 0.4) is 0 Å². The lowest BCUT2D eigenvalue weighted by molar-refractivity contribution is 0.745. The third kappa shape index (κ3) is 7.02. The van der Waals surface area contributed by atoms with Gasteiger partial charge in [0.25, 0.3) is 0 Å². The fourth-order valence-corrected chi connectivity index (χ4v) is 12.3. The van der Waals surface area contributed by atoms with Crippen molar-refractivity contribution in [2.45, 2.75) is 10.8 Å². The highest BCUT2D eigenvalue weighted by Gasteiger charge is 2.46.